The van der Waals surface area contributed by atoms with Crippen molar-refractivity contribution in [3.05, 3.63) is 54.4 Å². The molecule has 142 valence electrons. The van der Waals surface area contributed by atoms with Crippen LogP contribution in [0.1, 0.15) is 38.2 Å². The zero-order valence-corrected chi connectivity index (χ0v) is 16.6. The zero-order valence-electron chi connectivity index (χ0n) is 15.0. The van der Waals surface area contributed by atoms with Gasteiger partial charge in [-0.1, -0.05) is 43.2 Å². The number of hydrogen-bond donors (Lipinski definition) is 2. The van der Waals surface area contributed by atoms with Crippen molar-refractivity contribution >= 4 is 30.7 Å². The third-order valence-corrected chi connectivity index (χ3v) is 4.99. The molecule has 0 saturated heterocycles. The van der Waals surface area contributed by atoms with E-state index in [-0.39, 0.29) is 42.2 Å². The largest absolute Gasteiger partial charge is 0.352 e. The maximum absolute atomic E-state index is 12.5. The van der Waals surface area contributed by atoms with Crippen LogP contribution in [0, 0.1) is 5.92 Å². The first-order valence-corrected chi connectivity index (χ1v) is 8.62. The fourth-order valence-corrected chi connectivity index (χ4v) is 3.45. The molecule has 3 N–H and O–H groups in total. The van der Waals surface area contributed by atoms with Gasteiger partial charge in [0.25, 0.3) is 0 Å². The predicted molar refractivity (Wildman–Crippen MR) is 111 cm³/mol. The molecule has 1 heterocycles. The highest BCUT2D eigenvalue weighted by Gasteiger charge is 2.37. The van der Waals surface area contributed by atoms with Crippen LogP contribution in [0.3, 0.4) is 0 Å². The number of nitrogens with one attached hydrogen (secondary N) is 1. The lowest BCUT2D eigenvalue weighted by Crippen LogP contribution is -2.52. The Kier molecular flexibility index (Phi) is 8.54. The number of benzene rings is 1. The van der Waals surface area contributed by atoms with Crippen molar-refractivity contribution in [1.82, 2.24) is 10.3 Å². The summed E-state index contributed by atoms with van der Waals surface area (Å²) >= 11 is 0. The molecule has 26 heavy (non-hydrogen) atoms. The summed E-state index contributed by atoms with van der Waals surface area (Å²) in [6.45, 7) is 2.54. The van der Waals surface area contributed by atoms with Gasteiger partial charge in [-0.15, -0.1) is 24.8 Å². The summed E-state index contributed by atoms with van der Waals surface area (Å²) in [7, 11) is 0. The molecular weight excluding hydrogens is 369 g/mol. The van der Waals surface area contributed by atoms with Gasteiger partial charge in [-0.25, -0.2) is 0 Å². The van der Waals surface area contributed by atoms with Gasteiger partial charge in [-0.05, 0) is 42.5 Å². The lowest BCUT2D eigenvalue weighted by Gasteiger charge is -2.37. The molecule has 4 nitrogen and oxygen atoms in total. The SMILES string of the molecule is CC1(N)CCCCC1C(=O)NCc1ccc(-c2cccnc2)cc1.Cl.Cl. The summed E-state index contributed by atoms with van der Waals surface area (Å²) < 4.78 is 0. The Morgan fingerprint density at radius 2 is 1.92 bits per heavy atom. The van der Waals surface area contributed by atoms with Crippen LogP contribution in [0.25, 0.3) is 11.1 Å². The van der Waals surface area contributed by atoms with E-state index in [4.69, 9.17) is 5.73 Å². The lowest BCUT2D eigenvalue weighted by atomic mass is 9.74. The van der Waals surface area contributed by atoms with Gasteiger partial charge < -0.3 is 11.1 Å². The van der Waals surface area contributed by atoms with Crippen LogP contribution in [0.2, 0.25) is 0 Å². The molecule has 1 aliphatic rings. The van der Waals surface area contributed by atoms with Gasteiger partial charge in [-0.2, -0.15) is 0 Å². The van der Waals surface area contributed by atoms with E-state index in [1.165, 1.54) is 0 Å². The van der Waals surface area contributed by atoms with Gasteiger partial charge in [-0.3, -0.25) is 9.78 Å². The Morgan fingerprint density at radius 3 is 2.54 bits per heavy atom. The minimum Gasteiger partial charge on any atom is -0.352 e. The van der Waals surface area contributed by atoms with Gasteiger partial charge in [0.05, 0.1) is 5.92 Å². The molecule has 0 bridgehead atoms. The molecule has 6 heteroatoms. The average Bonchev–Trinajstić information content (AvgIpc) is 2.60. The van der Waals surface area contributed by atoms with Gasteiger partial charge in [0.1, 0.15) is 0 Å². The van der Waals surface area contributed by atoms with Crippen molar-refractivity contribution in [3.63, 3.8) is 0 Å². The number of halogens is 2. The molecule has 1 aliphatic carbocycles. The molecule has 2 aromatic rings. The van der Waals surface area contributed by atoms with E-state index >= 15 is 0 Å². The Labute approximate surface area is 167 Å². The molecule has 3 rings (SSSR count). The number of aromatic nitrogens is 1. The van der Waals surface area contributed by atoms with Crippen molar-refractivity contribution in [1.29, 1.82) is 0 Å². The van der Waals surface area contributed by atoms with Crippen LogP contribution in [0.15, 0.2) is 48.8 Å². The van der Waals surface area contributed by atoms with Crippen LogP contribution in [0.4, 0.5) is 0 Å². The molecule has 0 radical (unpaired) electrons. The van der Waals surface area contributed by atoms with Crippen molar-refractivity contribution in [2.75, 3.05) is 0 Å². The van der Waals surface area contributed by atoms with Crippen LogP contribution >= 0.6 is 24.8 Å². The van der Waals surface area contributed by atoms with Crippen LogP contribution < -0.4 is 11.1 Å². The summed E-state index contributed by atoms with van der Waals surface area (Å²) in [5.41, 5.74) is 9.23. The maximum Gasteiger partial charge on any atom is 0.225 e. The van der Waals surface area contributed by atoms with Crippen molar-refractivity contribution in [3.8, 4) is 11.1 Å². The summed E-state index contributed by atoms with van der Waals surface area (Å²) in [5.74, 6) is -0.00282. The Hall–Kier alpha value is -1.62. The van der Waals surface area contributed by atoms with Gasteiger partial charge >= 0.3 is 0 Å². The van der Waals surface area contributed by atoms with Crippen molar-refractivity contribution in [2.45, 2.75) is 44.7 Å². The topological polar surface area (TPSA) is 68.0 Å². The van der Waals surface area contributed by atoms with E-state index in [0.717, 1.165) is 42.4 Å². The Bertz CT molecular complexity index is 690. The second kappa shape index (κ2) is 9.91. The van der Waals surface area contributed by atoms with Gasteiger partial charge in [0, 0.05) is 24.5 Å². The molecule has 1 amide bonds. The van der Waals surface area contributed by atoms with Gasteiger partial charge in [0.15, 0.2) is 0 Å². The molecule has 2 atom stereocenters. The first-order chi connectivity index (χ1) is 11.6. The highest BCUT2D eigenvalue weighted by molar-refractivity contribution is 5.85. The second-order valence-electron chi connectivity index (χ2n) is 6.96. The fraction of sp³-hybridized carbons (Fsp3) is 0.400. The summed E-state index contributed by atoms with van der Waals surface area (Å²) in [5, 5.41) is 3.05. The normalized spacial score (nSPS) is 21.8. The van der Waals surface area contributed by atoms with Crippen LogP contribution in [0.5, 0.6) is 0 Å². The van der Waals surface area contributed by atoms with E-state index in [9.17, 15) is 4.79 Å². The Morgan fingerprint density at radius 1 is 1.19 bits per heavy atom. The molecule has 2 unspecified atom stereocenters. The number of rotatable bonds is 4. The standard InChI is InChI=1S/C20H25N3O.2ClH/c1-20(21)11-3-2-6-18(20)19(24)23-13-15-7-9-16(10-8-15)17-5-4-12-22-14-17;;/h4-5,7-10,12,14,18H,2-3,6,11,13,21H2,1H3,(H,23,24);2*1H. The quantitative estimate of drug-likeness (QED) is 0.817. The predicted octanol–water partition coefficient (Wildman–Crippen LogP) is 4.12. The molecule has 1 aromatic heterocycles. The minimum absolute atomic E-state index is 0. The number of amides is 1. The summed E-state index contributed by atoms with van der Waals surface area (Å²) in [4.78, 5) is 16.6. The van der Waals surface area contributed by atoms with Crippen LogP contribution in [-0.2, 0) is 11.3 Å². The van der Waals surface area contributed by atoms with E-state index in [0.29, 0.717) is 6.54 Å². The lowest BCUT2D eigenvalue weighted by molar-refractivity contribution is -0.128. The number of nitrogens with zero attached hydrogens (tertiary/aromatic N) is 1. The fourth-order valence-electron chi connectivity index (χ4n) is 3.45. The number of carbonyl (C=O) groups excluding carboxylic acids is 1. The molecule has 0 spiro atoms. The highest BCUT2D eigenvalue weighted by atomic mass is 35.5. The first-order valence-electron chi connectivity index (χ1n) is 8.62. The highest BCUT2D eigenvalue weighted by Crippen LogP contribution is 2.31. The molecule has 1 fully saturated rings. The average molecular weight is 396 g/mol. The van der Waals surface area contributed by atoms with E-state index in [1.807, 2.05) is 37.4 Å². The number of carbonyl (C=O) groups is 1. The third-order valence-electron chi connectivity index (χ3n) is 4.99. The molecular formula is C20H27Cl2N3O. The smallest absolute Gasteiger partial charge is 0.225 e. The number of nitrogens with two attached hydrogens (primary N) is 1. The summed E-state index contributed by atoms with van der Waals surface area (Å²) in [6.07, 6.45) is 7.63. The monoisotopic (exact) mass is 395 g/mol. The molecule has 0 aliphatic heterocycles. The second-order valence-corrected chi connectivity index (χ2v) is 6.96. The third kappa shape index (κ3) is 5.44. The molecule has 1 saturated carbocycles. The van der Waals surface area contributed by atoms with E-state index < -0.39 is 0 Å². The van der Waals surface area contributed by atoms with Gasteiger partial charge in [0.2, 0.25) is 5.91 Å². The first kappa shape index (κ1) is 22.4. The van der Waals surface area contributed by atoms with Crippen molar-refractivity contribution < 1.29 is 4.79 Å². The van der Waals surface area contributed by atoms with E-state index in [1.54, 1.807) is 6.20 Å². The Balaban J connectivity index is 0.00000169. The minimum atomic E-state index is -0.382. The van der Waals surface area contributed by atoms with Crippen molar-refractivity contribution in [2.24, 2.45) is 11.7 Å². The summed E-state index contributed by atoms with van der Waals surface area (Å²) in [6, 6.07) is 12.2. The van der Waals surface area contributed by atoms with Crippen LogP contribution in [-0.4, -0.2) is 16.4 Å². The zero-order chi connectivity index (χ0) is 17.0. The number of hydrogen-bond acceptors (Lipinski definition) is 3. The maximum atomic E-state index is 12.5. The molecule has 1 aromatic carbocycles. The van der Waals surface area contributed by atoms with E-state index in [2.05, 4.69) is 22.4 Å². The number of pyridine rings is 1.